The molecule has 0 unspecified atom stereocenters. The summed E-state index contributed by atoms with van der Waals surface area (Å²) in [6.07, 6.45) is 0.824. The molecule has 3 aromatic rings. The van der Waals surface area contributed by atoms with Gasteiger partial charge in [0.2, 0.25) is 0 Å². The zero-order valence-corrected chi connectivity index (χ0v) is 17.1. The van der Waals surface area contributed by atoms with Crippen LogP contribution >= 0.6 is 23.1 Å². The van der Waals surface area contributed by atoms with Crippen LogP contribution < -0.4 is 5.56 Å². The Labute approximate surface area is 169 Å². The lowest BCUT2D eigenvalue weighted by molar-refractivity contribution is -0.384. The summed E-state index contributed by atoms with van der Waals surface area (Å²) in [6, 6.07) is 7.45. The number of non-ortho nitro benzene ring substituents is 1. The molecule has 0 aliphatic carbocycles. The summed E-state index contributed by atoms with van der Waals surface area (Å²) in [5, 5.41) is 13.2. The van der Waals surface area contributed by atoms with E-state index in [0.29, 0.717) is 27.8 Å². The van der Waals surface area contributed by atoms with Crippen molar-refractivity contribution < 1.29 is 9.72 Å². The monoisotopic (exact) mass is 417 g/mol. The van der Waals surface area contributed by atoms with E-state index in [1.54, 1.807) is 16.7 Å². The Morgan fingerprint density at radius 2 is 2.14 bits per heavy atom. The van der Waals surface area contributed by atoms with E-state index >= 15 is 0 Å². The fraction of sp³-hybridized carbons (Fsp3) is 0.316. The van der Waals surface area contributed by atoms with E-state index in [1.165, 1.54) is 41.3 Å². The minimum absolute atomic E-state index is 0.0466. The van der Waals surface area contributed by atoms with Crippen molar-refractivity contribution in [3.05, 3.63) is 61.7 Å². The van der Waals surface area contributed by atoms with E-state index in [4.69, 9.17) is 0 Å². The van der Waals surface area contributed by atoms with Gasteiger partial charge in [0, 0.05) is 24.2 Å². The molecule has 0 aliphatic rings. The molecule has 3 rings (SSSR count). The van der Waals surface area contributed by atoms with E-state index in [1.807, 2.05) is 5.38 Å². The fourth-order valence-corrected chi connectivity index (χ4v) is 4.32. The summed E-state index contributed by atoms with van der Waals surface area (Å²) >= 11 is 2.55. The molecule has 0 aliphatic heterocycles. The molecule has 0 saturated carbocycles. The average Bonchev–Trinajstić information content (AvgIpc) is 3.14. The molecule has 0 bridgehead atoms. The molecule has 0 spiro atoms. The molecule has 1 aromatic carbocycles. The van der Waals surface area contributed by atoms with Gasteiger partial charge < -0.3 is 0 Å². The van der Waals surface area contributed by atoms with Crippen LogP contribution in [0.25, 0.3) is 10.2 Å². The smallest absolute Gasteiger partial charge is 0.272 e. The molecule has 7 nitrogen and oxygen atoms in total. The van der Waals surface area contributed by atoms with Crippen molar-refractivity contribution in [2.24, 2.45) is 5.92 Å². The second-order valence-electron chi connectivity index (χ2n) is 6.69. The Kier molecular flexibility index (Phi) is 6.25. The van der Waals surface area contributed by atoms with Crippen molar-refractivity contribution in [3.8, 4) is 0 Å². The van der Waals surface area contributed by atoms with Gasteiger partial charge in [0.1, 0.15) is 4.70 Å². The molecule has 2 aromatic heterocycles. The van der Waals surface area contributed by atoms with Crippen molar-refractivity contribution in [2.45, 2.75) is 32.0 Å². The number of nitrogens with zero attached hydrogens (tertiary/aromatic N) is 3. The maximum Gasteiger partial charge on any atom is 0.272 e. The third-order valence-corrected chi connectivity index (χ3v) is 6.04. The number of hydrogen-bond acceptors (Lipinski definition) is 7. The minimum atomic E-state index is -0.528. The number of rotatable bonds is 8. The van der Waals surface area contributed by atoms with E-state index in [-0.39, 0.29) is 28.3 Å². The van der Waals surface area contributed by atoms with Crippen LogP contribution in [0, 0.1) is 16.0 Å². The molecule has 0 N–H and O–H groups in total. The highest BCUT2D eigenvalue weighted by atomic mass is 32.2. The number of thioether (sulfide) groups is 1. The van der Waals surface area contributed by atoms with E-state index < -0.39 is 4.92 Å². The van der Waals surface area contributed by atoms with Gasteiger partial charge in [0.15, 0.2) is 10.9 Å². The lowest BCUT2D eigenvalue weighted by Crippen LogP contribution is -2.23. The highest BCUT2D eigenvalue weighted by molar-refractivity contribution is 7.99. The normalized spacial score (nSPS) is 11.2. The van der Waals surface area contributed by atoms with Crippen molar-refractivity contribution in [1.29, 1.82) is 0 Å². The first-order valence-corrected chi connectivity index (χ1v) is 10.6. The zero-order chi connectivity index (χ0) is 20.3. The van der Waals surface area contributed by atoms with Crippen LogP contribution in [0.15, 0.2) is 45.7 Å². The number of nitro benzene ring substituents is 1. The predicted octanol–water partition coefficient (Wildman–Crippen LogP) is 4.39. The third kappa shape index (κ3) is 4.48. The number of thiophene rings is 1. The third-order valence-electron chi connectivity index (χ3n) is 4.17. The van der Waals surface area contributed by atoms with Gasteiger partial charge in [-0.1, -0.05) is 37.7 Å². The number of hydrogen-bond donors (Lipinski definition) is 0. The molecule has 28 heavy (non-hydrogen) atoms. The maximum absolute atomic E-state index is 12.8. The molecule has 146 valence electrons. The van der Waals surface area contributed by atoms with Crippen molar-refractivity contribution in [2.75, 3.05) is 5.75 Å². The number of nitro groups is 1. The largest absolute Gasteiger partial charge is 0.293 e. The molecule has 0 saturated heterocycles. The summed E-state index contributed by atoms with van der Waals surface area (Å²) in [5.41, 5.74) is 0.684. The maximum atomic E-state index is 12.8. The SMILES string of the molecule is CC(C)CCn1c(SCC(=O)c2cccc([N+](=O)[O-])c2)nc2ccsc2c1=O. The molecule has 9 heteroatoms. The highest BCUT2D eigenvalue weighted by Gasteiger charge is 2.16. The Balaban J connectivity index is 1.85. The Morgan fingerprint density at radius 3 is 2.86 bits per heavy atom. The standard InChI is InChI=1S/C19H19N3O4S2/c1-12(2)6-8-21-18(24)17-15(7-9-27-17)20-19(21)28-11-16(23)13-4-3-5-14(10-13)22(25)26/h3-5,7,9-10,12H,6,8,11H2,1-2H3. The van der Waals surface area contributed by atoms with Gasteiger partial charge >= 0.3 is 0 Å². The van der Waals surface area contributed by atoms with Crippen LogP contribution in [-0.2, 0) is 6.54 Å². The lowest BCUT2D eigenvalue weighted by atomic mass is 10.1. The first-order chi connectivity index (χ1) is 13.4. The number of benzene rings is 1. The number of carbonyl (C=O) groups excluding carboxylic acids is 1. The minimum Gasteiger partial charge on any atom is -0.293 e. The van der Waals surface area contributed by atoms with Crippen LogP contribution in [0.5, 0.6) is 0 Å². The van der Waals surface area contributed by atoms with Crippen LogP contribution in [0.4, 0.5) is 5.69 Å². The van der Waals surface area contributed by atoms with Gasteiger partial charge in [-0.05, 0) is 23.8 Å². The van der Waals surface area contributed by atoms with E-state index in [0.717, 1.165) is 6.42 Å². The summed E-state index contributed by atoms with van der Waals surface area (Å²) in [7, 11) is 0. The molecular formula is C19H19N3O4S2. The first-order valence-electron chi connectivity index (χ1n) is 8.75. The number of ketones is 1. The summed E-state index contributed by atoms with van der Waals surface area (Å²) in [6.45, 7) is 4.70. The quantitative estimate of drug-likeness (QED) is 0.177. The molecule has 0 radical (unpaired) electrons. The van der Waals surface area contributed by atoms with Gasteiger partial charge in [-0.25, -0.2) is 4.98 Å². The van der Waals surface area contributed by atoms with Crippen LogP contribution in [0.1, 0.15) is 30.6 Å². The van der Waals surface area contributed by atoms with Gasteiger partial charge in [0.05, 0.1) is 16.2 Å². The Hall–Kier alpha value is -2.52. The molecule has 0 atom stereocenters. The molecular weight excluding hydrogens is 398 g/mol. The highest BCUT2D eigenvalue weighted by Crippen LogP contribution is 2.23. The van der Waals surface area contributed by atoms with Gasteiger partial charge in [-0.2, -0.15) is 0 Å². The van der Waals surface area contributed by atoms with Crippen LogP contribution in [0.3, 0.4) is 0 Å². The fourth-order valence-electron chi connectivity index (χ4n) is 2.62. The number of carbonyl (C=O) groups is 1. The Morgan fingerprint density at radius 1 is 1.36 bits per heavy atom. The van der Waals surface area contributed by atoms with Gasteiger partial charge in [-0.15, -0.1) is 11.3 Å². The zero-order valence-electron chi connectivity index (χ0n) is 15.5. The molecule has 2 heterocycles. The summed E-state index contributed by atoms with van der Waals surface area (Å²) in [5.74, 6) is 0.226. The first kappa shape index (κ1) is 20.2. The van der Waals surface area contributed by atoms with E-state index in [2.05, 4.69) is 18.8 Å². The van der Waals surface area contributed by atoms with Gasteiger partial charge in [0.25, 0.3) is 11.2 Å². The van der Waals surface area contributed by atoms with Gasteiger partial charge in [-0.3, -0.25) is 24.3 Å². The summed E-state index contributed by atoms with van der Waals surface area (Å²) in [4.78, 5) is 40.3. The molecule has 0 amide bonds. The van der Waals surface area contributed by atoms with Crippen molar-refractivity contribution in [3.63, 3.8) is 0 Å². The second kappa shape index (κ2) is 8.66. The number of Topliss-reactive ketones (excluding diaryl/α,β-unsaturated/α-hetero) is 1. The number of aromatic nitrogens is 2. The predicted molar refractivity (Wildman–Crippen MR) is 111 cm³/mol. The topological polar surface area (TPSA) is 95.1 Å². The Bertz CT molecular complexity index is 1090. The van der Waals surface area contributed by atoms with Crippen LogP contribution in [0.2, 0.25) is 0 Å². The van der Waals surface area contributed by atoms with Crippen LogP contribution in [-0.4, -0.2) is 26.0 Å². The van der Waals surface area contributed by atoms with E-state index in [9.17, 15) is 19.7 Å². The molecule has 0 fully saturated rings. The average molecular weight is 418 g/mol. The number of fused-ring (bicyclic) bond motifs is 1. The van der Waals surface area contributed by atoms with Crippen molar-refractivity contribution in [1.82, 2.24) is 9.55 Å². The summed E-state index contributed by atoms with van der Waals surface area (Å²) < 4.78 is 2.24. The van der Waals surface area contributed by atoms with Crippen molar-refractivity contribution >= 4 is 44.8 Å². The lowest BCUT2D eigenvalue weighted by Gasteiger charge is -2.13. The second-order valence-corrected chi connectivity index (χ2v) is 8.55.